The highest BCUT2D eigenvalue weighted by Crippen LogP contribution is 2.23. The summed E-state index contributed by atoms with van der Waals surface area (Å²) in [6.07, 6.45) is 0. The zero-order valence-corrected chi connectivity index (χ0v) is 14.0. The summed E-state index contributed by atoms with van der Waals surface area (Å²) in [6, 6.07) is -0.856. The molecule has 0 bridgehead atoms. The Balaban J connectivity index is 2.29. The number of rotatable bonds is 4. The summed E-state index contributed by atoms with van der Waals surface area (Å²) in [5.41, 5.74) is 0.949. The normalized spacial score (nSPS) is 23.1. The molecule has 2 rings (SSSR count). The molecule has 1 aromatic heterocycles. The number of amides is 2. The first-order chi connectivity index (χ1) is 9.81. The van der Waals surface area contributed by atoms with Gasteiger partial charge in [0.05, 0.1) is 6.54 Å². The molecular formula is C15H23N3O2S. The Morgan fingerprint density at radius 1 is 1.29 bits per heavy atom. The zero-order valence-electron chi connectivity index (χ0n) is 13.2. The van der Waals surface area contributed by atoms with Crippen molar-refractivity contribution in [3.05, 3.63) is 16.1 Å². The van der Waals surface area contributed by atoms with E-state index in [2.05, 4.69) is 10.3 Å². The van der Waals surface area contributed by atoms with Gasteiger partial charge in [-0.1, -0.05) is 27.7 Å². The standard InChI is InChI=1S/C15H23N3O2S/c1-8(2)12-15(20)18(6-11-16-10(5)7-21-11)13(9(3)4)14(19)17-12/h7-9,12-13H,6H2,1-5H3,(H,17,19). The molecule has 0 radical (unpaired) electrons. The molecule has 1 fully saturated rings. The fraction of sp³-hybridized carbons (Fsp3) is 0.667. The van der Waals surface area contributed by atoms with Crippen molar-refractivity contribution >= 4 is 23.2 Å². The highest BCUT2D eigenvalue weighted by molar-refractivity contribution is 7.09. The van der Waals surface area contributed by atoms with Gasteiger partial charge in [0.15, 0.2) is 0 Å². The van der Waals surface area contributed by atoms with Gasteiger partial charge in [-0.2, -0.15) is 0 Å². The third-order valence-electron chi connectivity index (χ3n) is 3.72. The van der Waals surface area contributed by atoms with Crippen LogP contribution in [0.25, 0.3) is 0 Å². The van der Waals surface area contributed by atoms with Crippen LogP contribution >= 0.6 is 11.3 Å². The Morgan fingerprint density at radius 2 is 1.95 bits per heavy atom. The van der Waals surface area contributed by atoms with Crippen LogP contribution in [0.2, 0.25) is 0 Å². The van der Waals surface area contributed by atoms with Crippen LogP contribution in [0, 0.1) is 18.8 Å². The molecule has 1 aliphatic heterocycles. The second kappa shape index (κ2) is 6.13. The van der Waals surface area contributed by atoms with Gasteiger partial charge in [-0.05, 0) is 18.8 Å². The van der Waals surface area contributed by atoms with E-state index in [4.69, 9.17) is 0 Å². The summed E-state index contributed by atoms with van der Waals surface area (Å²) in [7, 11) is 0. The lowest BCUT2D eigenvalue weighted by Crippen LogP contribution is -2.65. The van der Waals surface area contributed by atoms with Crippen molar-refractivity contribution in [1.82, 2.24) is 15.2 Å². The van der Waals surface area contributed by atoms with E-state index in [0.717, 1.165) is 10.7 Å². The van der Waals surface area contributed by atoms with E-state index >= 15 is 0 Å². The number of carbonyl (C=O) groups excluding carboxylic acids is 2. The van der Waals surface area contributed by atoms with E-state index in [0.29, 0.717) is 6.54 Å². The van der Waals surface area contributed by atoms with Gasteiger partial charge in [-0.3, -0.25) is 9.59 Å². The molecule has 2 amide bonds. The van der Waals surface area contributed by atoms with Crippen LogP contribution < -0.4 is 5.32 Å². The maximum absolute atomic E-state index is 12.7. The minimum atomic E-state index is -0.437. The van der Waals surface area contributed by atoms with E-state index in [-0.39, 0.29) is 23.7 Å². The van der Waals surface area contributed by atoms with Crippen molar-refractivity contribution in [3.8, 4) is 0 Å². The number of aromatic nitrogens is 1. The molecule has 116 valence electrons. The molecule has 2 atom stereocenters. The van der Waals surface area contributed by atoms with Gasteiger partial charge in [0.2, 0.25) is 11.8 Å². The van der Waals surface area contributed by atoms with Crippen LogP contribution in [0.15, 0.2) is 5.38 Å². The van der Waals surface area contributed by atoms with Gasteiger partial charge in [0.1, 0.15) is 17.1 Å². The van der Waals surface area contributed by atoms with Crippen LogP contribution in [-0.4, -0.2) is 33.8 Å². The summed E-state index contributed by atoms with van der Waals surface area (Å²) >= 11 is 1.53. The molecule has 2 unspecified atom stereocenters. The predicted octanol–water partition coefficient (Wildman–Crippen LogP) is 1.96. The Kier molecular flexibility index (Phi) is 4.66. The molecule has 0 aromatic carbocycles. The molecule has 2 heterocycles. The van der Waals surface area contributed by atoms with E-state index in [1.54, 1.807) is 4.90 Å². The lowest BCUT2D eigenvalue weighted by molar-refractivity contribution is -0.153. The van der Waals surface area contributed by atoms with Crippen LogP contribution in [0.1, 0.15) is 38.4 Å². The van der Waals surface area contributed by atoms with Gasteiger partial charge in [-0.25, -0.2) is 4.98 Å². The lowest BCUT2D eigenvalue weighted by atomic mass is 9.93. The number of hydrogen-bond donors (Lipinski definition) is 1. The van der Waals surface area contributed by atoms with E-state index in [1.807, 2.05) is 40.0 Å². The Morgan fingerprint density at radius 3 is 2.43 bits per heavy atom. The number of nitrogens with zero attached hydrogens (tertiary/aromatic N) is 2. The Labute approximate surface area is 129 Å². The van der Waals surface area contributed by atoms with Gasteiger partial charge >= 0.3 is 0 Å². The number of nitrogens with one attached hydrogen (secondary N) is 1. The minimum absolute atomic E-state index is 0.00356. The average molecular weight is 309 g/mol. The first kappa shape index (κ1) is 15.9. The molecule has 1 aromatic rings. The largest absolute Gasteiger partial charge is 0.342 e. The second-order valence-corrected chi connectivity index (χ2v) is 7.21. The highest BCUT2D eigenvalue weighted by atomic mass is 32.1. The molecule has 0 aliphatic carbocycles. The van der Waals surface area contributed by atoms with Crippen LogP contribution in [-0.2, 0) is 16.1 Å². The quantitative estimate of drug-likeness (QED) is 0.925. The summed E-state index contributed by atoms with van der Waals surface area (Å²) in [5.74, 6) is 0.0888. The third-order valence-corrected chi connectivity index (χ3v) is 4.67. The average Bonchev–Trinajstić information content (AvgIpc) is 2.78. The molecule has 0 saturated carbocycles. The molecule has 5 nitrogen and oxygen atoms in total. The highest BCUT2D eigenvalue weighted by Gasteiger charge is 2.43. The van der Waals surface area contributed by atoms with Crippen molar-refractivity contribution < 1.29 is 9.59 Å². The molecule has 21 heavy (non-hydrogen) atoms. The summed E-state index contributed by atoms with van der Waals surface area (Å²) < 4.78 is 0. The fourth-order valence-corrected chi connectivity index (χ4v) is 3.44. The van der Waals surface area contributed by atoms with Crippen molar-refractivity contribution in [1.29, 1.82) is 0 Å². The summed E-state index contributed by atoms with van der Waals surface area (Å²) in [6.45, 7) is 10.2. The Hall–Kier alpha value is -1.43. The molecule has 1 aliphatic rings. The molecule has 1 saturated heterocycles. The zero-order chi connectivity index (χ0) is 15.7. The number of piperazine rings is 1. The van der Waals surface area contributed by atoms with Crippen LogP contribution in [0.3, 0.4) is 0 Å². The second-order valence-electron chi connectivity index (χ2n) is 6.27. The number of hydrogen-bond acceptors (Lipinski definition) is 4. The first-order valence-corrected chi connectivity index (χ1v) is 8.21. The minimum Gasteiger partial charge on any atom is -0.342 e. The molecule has 1 N–H and O–H groups in total. The van der Waals surface area contributed by atoms with Gasteiger partial charge in [0, 0.05) is 11.1 Å². The Bertz CT molecular complexity index is 539. The van der Waals surface area contributed by atoms with Gasteiger partial charge in [0.25, 0.3) is 0 Å². The van der Waals surface area contributed by atoms with Gasteiger partial charge in [-0.15, -0.1) is 11.3 Å². The van der Waals surface area contributed by atoms with E-state index < -0.39 is 12.1 Å². The van der Waals surface area contributed by atoms with Crippen molar-refractivity contribution in [2.45, 2.75) is 53.2 Å². The third kappa shape index (κ3) is 3.26. The topological polar surface area (TPSA) is 62.3 Å². The summed E-state index contributed by atoms with van der Waals surface area (Å²) in [5, 5.41) is 5.72. The maximum atomic E-state index is 12.7. The SMILES string of the molecule is Cc1csc(CN2C(=O)C(C(C)C)NC(=O)C2C(C)C)n1. The van der Waals surface area contributed by atoms with Crippen molar-refractivity contribution in [2.75, 3.05) is 0 Å². The number of thiazole rings is 1. The molecule has 0 spiro atoms. The summed E-state index contributed by atoms with van der Waals surface area (Å²) in [4.78, 5) is 31.2. The monoisotopic (exact) mass is 309 g/mol. The molecular weight excluding hydrogens is 286 g/mol. The number of aryl methyl sites for hydroxylation is 1. The van der Waals surface area contributed by atoms with Crippen molar-refractivity contribution in [3.63, 3.8) is 0 Å². The molecule has 6 heteroatoms. The van der Waals surface area contributed by atoms with E-state index in [9.17, 15) is 9.59 Å². The lowest BCUT2D eigenvalue weighted by Gasteiger charge is -2.41. The van der Waals surface area contributed by atoms with Crippen LogP contribution in [0.5, 0.6) is 0 Å². The number of carbonyl (C=O) groups is 2. The first-order valence-electron chi connectivity index (χ1n) is 7.33. The maximum Gasteiger partial charge on any atom is 0.246 e. The smallest absolute Gasteiger partial charge is 0.246 e. The predicted molar refractivity (Wildman–Crippen MR) is 82.8 cm³/mol. The van der Waals surface area contributed by atoms with Gasteiger partial charge < -0.3 is 10.2 Å². The van der Waals surface area contributed by atoms with Crippen LogP contribution in [0.4, 0.5) is 0 Å². The fourth-order valence-electron chi connectivity index (χ4n) is 2.67. The van der Waals surface area contributed by atoms with E-state index in [1.165, 1.54) is 11.3 Å². The van der Waals surface area contributed by atoms with Crippen molar-refractivity contribution in [2.24, 2.45) is 11.8 Å².